The minimum absolute atomic E-state index is 0.0383. The zero-order valence-electron chi connectivity index (χ0n) is 15.1. The van der Waals surface area contributed by atoms with Gasteiger partial charge in [0.15, 0.2) is 5.11 Å². The molecule has 0 saturated carbocycles. The van der Waals surface area contributed by atoms with Crippen LogP contribution in [0.2, 0.25) is 5.02 Å². The average molecular weight is 536 g/mol. The molecule has 0 unspecified atom stereocenters. The van der Waals surface area contributed by atoms with Crippen LogP contribution in [0.25, 0.3) is 6.08 Å². The first-order chi connectivity index (χ1) is 14.4. The normalized spacial score (nSPS) is 15.6. The maximum atomic E-state index is 13.1. The summed E-state index contributed by atoms with van der Waals surface area (Å²) in [6, 6.07) is 18.5. The number of amides is 2. The molecule has 3 aromatic rings. The molecule has 0 bridgehead atoms. The van der Waals surface area contributed by atoms with Crippen molar-refractivity contribution in [1.82, 2.24) is 5.32 Å². The minimum atomic E-state index is -0.501. The van der Waals surface area contributed by atoms with Crippen molar-refractivity contribution >= 4 is 91.5 Å². The van der Waals surface area contributed by atoms with Gasteiger partial charge in [-0.2, -0.15) is 0 Å². The van der Waals surface area contributed by atoms with Gasteiger partial charge >= 0.3 is 0 Å². The Morgan fingerprint density at radius 2 is 1.73 bits per heavy atom. The van der Waals surface area contributed by atoms with Crippen molar-refractivity contribution in [2.75, 3.05) is 4.90 Å². The number of carbonyl (C=O) groups excluding carboxylic acids is 2. The smallest absolute Gasteiger partial charge is 0.270 e. The average Bonchev–Trinajstić information content (AvgIpc) is 3.15. The van der Waals surface area contributed by atoms with Gasteiger partial charge in [0.2, 0.25) is 0 Å². The standard InChI is InChI=1S/C21H12BrClN2O2S3/c22-12-1-5-14(6-2-12)25-20(27)17(19(26)24-21(25)28)11-16-9-10-18(30-16)29-15-7-3-13(23)4-8-15/h1-11H,(H,24,26,28)/b17-11+. The monoisotopic (exact) mass is 534 g/mol. The first-order valence-electron chi connectivity index (χ1n) is 8.61. The molecule has 4 rings (SSSR count). The topological polar surface area (TPSA) is 49.4 Å². The third kappa shape index (κ3) is 4.68. The van der Waals surface area contributed by atoms with Gasteiger partial charge in [-0.25, -0.2) is 0 Å². The van der Waals surface area contributed by atoms with Crippen molar-refractivity contribution in [3.05, 3.63) is 80.6 Å². The van der Waals surface area contributed by atoms with Crippen molar-refractivity contribution in [3.8, 4) is 0 Å². The number of benzene rings is 2. The van der Waals surface area contributed by atoms with Gasteiger partial charge < -0.3 is 0 Å². The molecule has 30 heavy (non-hydrogen) atoms. The summed E-state index contributed by atoms with van der Waals surface area (Å²) in [5.74, 6) is -0.954. The molecular formula is C21H12BrClN2O2S3. The van der Waals surface area contributed by atoms with Crippen LogP contribution in [-0.2, 0) is 9.59 Å². The number of rotatable bonds is 4. The van der Waals surface area contributed by atoms with E-state index in [1.165, 1.54) is 16.2 Å². The lowest BCUT2D eigenvalue weighted by Crippen LogP contribution is -2.54. The third-order valence-corrected chi connectivity index (χ3v) is 7.34. The van der Waals surface area contributed by atoms with Crippen LogP contribution >= 0.6 is 62.8 Å². The number of hydrogen-bond donors (Lipinski definition) is 1. The summed E-state index contributed by atoms with van der Waals surface area (Å²) < 4.78 is 1.92. The van der Waals surface area contributed by atoms with E-state index < -0.39 is 11.8 Å². The lowest BCUT2D eigenvalue weighted by molar-refractivity contribution is -0.122. The molecule has 1 aliphatic heterocycles. The van der Waals surface area contributed by atoms with Crippen LogP contribution in [0.4, 0.5) is 5.69 Å². The van der Waals surface area contributed by atoms with Crippen molar-refractivity contribution in [2.24, 2.45) is 0 Å². The number of thiocarbonyl (C=S) groups is 1. The van der Waals surface area contributed by atoms with E-state index >= 15 is 0 Å². The van der Waals surface area contributed by atoms with Crippen LogP contribution < -0.4 is 10.2 Å². The Bertz CT molecular complexity index is 1170. The molecule has 2 aromatic carbocycles. The van der Waals surface area contributed by atoms with Crippen molar-refractivity contribution in [1.29, 1.82) is 0 Å². The predicted molar refractivity (Wildman–Crippen MR) is 130 cm³/mol. The van der Waals surface area contributed by atoms with Gasteiger partial charge in [0.05, 0.1) is 9.90 Å². The molecule has 2 amide bonds. The molecule has 150 valence electrons. The van der Waals surface area contributed by atoms with Crippen molar-refractivity contribution < 1.29 is 9.59 Å². The van der Waals surface area contributed by atoms with Gasteiger partial charge in [0.1, 0.15) is 5.57 Å². The summed E-state index contributed by atoms with van der Waals surface area (Å²) in [4.78, 5) is 28.7. The fourth-order valence-electron chi connectivity index (χ4n) is 2.71. The predicted octanol–water partition coefficient (Wildman–Crippen LogP) is 6.15. The fraction of sp³-hybridized carbons (Fsp3) is 0. The molecule has 1 N–H and O–H groups in total. The molecule has 0 aliphatic carbocycles. The molecular weight excluding hydrogens is 524 g/mol. The SMILES string of the molecule is O=C1NC(=S)N(c2ccc(Br)cc2)C(=O)/C1=C/c1ccc(Sc2ccc(Cl)cc2)s1. The molecule has 0 spiro atoms. The van der Waals surface area contributed by atoms with E-state index in [1.807, 2.05) is 48.5 Å². The summed E-state index contributed by atoms with van der Waals surface area (Å²) in [5.41, 5.74) is 0.626. The summed E-state index contributed by atoms with van der Waals surface area (Å²) in [6.45, 7) is 0. The molecule has 0 radical (unpaired) electrons. The van der Waals surface area contributed by atoms with E-state index in [9.17, 15) is 9.59 Å². The van der Waals surface area contributed by atoms with Crippen LogP contribution in [0.3, 0.4) is 0 Å². The van der Waals surface area contributed by atoms with E-state index in [0.29, 0.717) is 10.7 Å². The second-order valence-corrected chi connectivity index (χ2v) is 10.4. The van der Waals surface area contributed by atoms with E-state index in [4.69, 9.17) is 23.8 Å². The van der Waals surface area contributed by atoms with Crippen LogP contribution in [0.5, 0.6) is 0 Å². The van der Waals surface area contributed by atoms with Crippen LogP contribution in [0, 0.1) is 0 Å². The summed E-state index contributed by atoms with van der Waals surface area (Å²) >= 11 is 17.6. The largest absolute Gasteiger partial charge is 0.298 e. The van der Waals surface area contributed by atoms with Crippen LogP contribution in [-0.4, -0.2) is 16.9 Å². The van der Waals surface area contributed by atoms with E-state index in [2.05, 4.69) is 21.2 Å². The number of hydrogen-bond acceptors (Lipinski definition) is 5. The first kappa shape index (κ1) is 21.3. The highest BCUT2D eigenvalue weighted by Crippen LogP contribution is 2.35. The molecule has 1 saturated heterocycles. The molecule has 1 aliphatic rings. The Labute approximate surface area is 200 Å². The summed E-state index contributed by atoms with van der Waals surface area (Å²) in [7, 11) is 0. The minimum Gasteiger partial charge on any atom is -0.298 e. The quantitative estimate of drug-likeness (QED) is 0.247. The third-order valence-electron chi connectivity index (χ3n) is 4.11. The van der Waals surface area contributed by atoms with E-state index in [-0.39, 0.29) is 10.7 Å². The lowest BCUT2D eigenvalue weighted by Gasteiger charge is -2.28. The second kappa shape index (κ2) is 9.03. The Kier molecular flexibility index (Phi) is 6.40. The van der Waals surface area contributed by atoms with E-state index in [1.54, 1.807) is 30.0 Å². The molecule has 4 nitrogen and oxygen atoms in total. The van der Waals surface area contributed by atoms with Gasteiger partial charge in [-0.15, -0.1) is 11.3 Å². The Hall–Kier alpha value is -1.97. The lowest BCUT2D eigenvalue weighted by atomic mass is 10.1. The maximum Gasteiger partial charge on any atom is 0.270 e. The molecule has 2 heterocycles. The highest BCUT2D eigenvalue weighted by atomic mass is 79.9. The van der Waals surface area contributed by atoms with Crippen molar-refractivity contribution in [2.45, 2.75) is 9.10 Å². The van der Waals surface area contributed by atoms with E-state index in [0.717, 1.165) is 18.5 Å². The number of nitrogens with zero attached hydrogens (tertiary/aromatic N) is 1. The highest BCUT2D eigenvalue weighted by Gasteiger charge is 2.34. The Balaban J connectivity index is 1.59. The molecule has 1 fully saturated rings. The van der Waals surface area contributed by atoms with Gasteiger partial charge in [-0.1, -0.05) is 39.3 Å². The number of halogens is 2. The van der Waals surface area contributed by atoms with Gasteiger partial charge in [-0.05, 0) is 79.0 Å². The Morgan fingerprint density at radius 3 is 2.43 bits per heavy atom. The zero-order chi connectivity index (χ0) is 21.3. The zero-order valence-corrected chi connectivity index (χ0v) is 19.9. The number of anilines is 1. The Morgan fingerprint density at radius 1 is 1.03 bits per heavy atom. The number of thiophene rings is 1. The van der Waals surface area contributed by atoms with Crippen molar-refractivity contribution in [3.63, 3.8) is 0 Å². The number of nitrogens with one attached hydrogen (secondary N) is 1. The maximum absolute atomic E-state index is 13.1. The first-order valence-corrected chi connectivity index (χ1v) is 11.8. The summed E-state index contributed by atoms with van der Waals surface area (Å²) in [5, 5.41) is 3.35. The van der Waals surface area contributed by atoms with Crippen LogP contribution in [0.1, 0.15) is 4.88 Å². The van der Waals surface area contributed by atoms with Gasteiger partial charge in [-0.3, -0.25) is 19.8 Å². The molecule has 1 aromatic heterocycles. The molecule has 0 atom stereocenters. The molecule has 9 heteroatoms. The van der Waals surface area contributed by atoms with Crippen LogP contribution in [0.15, 0.2) is 79.8 Å². The van der Waals surface area contributed by atoms with Gasteiger partial charge in [0.25, 0.3) is 11.8 Å². The fourth-order valence-corrected chi connectivity index (χ4v) is 5.45. The second-order valence-electron chi connectivity index (χ2n) is 6.15. The highest BCUT2D eigenvalue weighted by molar-refractivity contribution is 9.10. The van der Waals surface area contributed by atoms with Gasteiger partial charge in [0, 0.05) is 19.3 Å². The number of carbonyl (C=O) groups is 2. The summed E-state index contributed by atoms with van der Waals surface area (Å²) in [6.07, 6.45) is 1.60.